The minimum absolute atomic E-state index is 0.174. The molecule has 0 amide bonds. The van der Waals surface area contributed by atoms with E-state index >= 15 is 0 Å². The Morgan fingerprint density at radius 2 is 1.70 bits per heavy atom. The summed E-state index contributed by atoms with van der Waals surface area (Å²) in [6.45, 7) is 4.90. The van der Waals surface area contributed by atoms with Crippen LogP contribution in [0, 0.1) is 17.8 Å². The van der Waals surface area contributed by atoms with Gasteiger partial charge in [0, 0.05) is 22.0 Å². The van der Waals surface area contributed by atoms with Gasteiger partial charge in [-0.15, -0.1) is 0 Å². The van der Waals surface area contributed by atoms with Gasteiger partial charge in [-0.1, -0.05) is 42.3 Å². The molecule has 0 aliphatic heterocycles. The van der Waals surface area contributed by atoms with E-state index in [1.807, 2.05) is 41.0 Å². The number of aromatic carboxylic acids is 1. The second-order valence-electron chi connectivity index (χ2n) is 10.4. The van der Waals surface area contributed by atoms with Crippen molar-refractivity contribution in [3.63, 3.8) is 0 Å². The molecule has 2 atom stereocenters. The molecule has 0 radical (unpaired) electrons. The molecule has 1 aromatic heterocycles. The Balaban J connectivity index is 1.59. The molecule has 0 saturated heterocycles. The molecule has 2 unspecified atom stereocenters. The van der Waals surface area contributed by atoms with Crippen LogP contribution >= 0.6 is 23.2 Å². The first-order chi connectivity index (χ1) is 15.7. The van der Waals surface area contributed by atoms with Crippen molar-refractivity contribution in [3.05, 3.63) is 63.8 Å². The number of nitrogens with zero attached hydrogens (tertiary/aromatic N) is 1. The van der Waals surface area contributed by atoms with Crippen molar-refractivity contribution in [2.45, 2.75) is 58.1 Å². The summed E-state index contributed by atoms with van der Waals surface area (Å²) in [5.41, 5.74) is 1.55. The molecule has 2 saturated carbocycles. The number of halogens is 2. The average Bonchev–Trinajstić information content (AvgIpc) is 3.00. The zero-order valence-electron chi connectivity index (χ0n) is 19.0. The average molecular weight is 486 g/mol. The minimum Gasteiger partial charge on any atom is -0.484 e. The molecule has 1 heterocycles. The lowest BCUT2D eigenvalue weighted by Crippen LogP contribution is -2.44. The molecule has 2 bridgehead atoms. The van der Waals surface area contributed by atoms with Gasteiger partial charge in [0.25, 0.3) is 0 Å². The molecular formula is C27H29Cl2NO3. The predicted octanol–water partition coefficient (Wildman–Crippen LogP) is 7.68. The van der Waals surface area contributed by atoms with Crippen molar-refractivity contribution in [1.29, 1.82) is 0 Å². The van der Waals surface area contributed by atoms with E-state index in [0.717, 1.165) is 35.2 Å². The standard InChI is InChI=1S/C27H29Cl2NO3/c1-16-9-18-11-19(10-16)14-27(2,13-18)33-25-22-12-21(29)7-8-23(22)30(24(25)26(31)32)15-17-3-5-20(28)6-4-17/h3-8,12,16,18-19H,9-11,13-15H2,1-2H3,(H,31,32). The lowest BCUT2D eigenvalue weighted by molar-refractivity contribution is -0.0268. The van der Waals surface area contributed by atoms with Crippen LogP contribution in [0.3, 0.4) is 0 Å². The van der Waals surface area contributed by atoms with Crippen LogP contribution in [0.1, 0.15) is 62.0 Å². The summed E-state index contributed by atoms with van der Waals surface area (Å²) in [5, 5.41) is 12.3. The van der Waals surface area contributed by atoms with Crippen molar-refractivity contribution >= 4 is 40.1 Å². The number of aromatic nitrogens is 1. The van der Waals surface area contributed by atoms with E-state index in [2.05, 4.69) is 13.8 Å². The quantitative estimate of drug-likeness (QED) is 0.403. The molecule has 2 aliphatic carbocycles. The molecule has 5 rings (SSSR count). The maximum atomic E-state index is 12.6. The number of ether oxygens (including phenoxy) is 1. The van der Waals surface area contributed by atoms with E-state index in [4.69, 9.17) is 27.9 Å². The van der Waals surface area contributed by atoms with Gasteiger partial charge in [-0.05, 0) is 92.7 Å². The van der Waals surface area contributed by atoms with E-state index in [-0.39, 0.29) is 11.3 Å². The molecule has 3 aromatic rings. The van der Waals surface area contributed by atoms with Gasteiger partial charge < -0.3 is 14.4 Å². The summed E-state index contributed by atoms with van der Waals surface area (Å²) in [6.07, 6.45) is 5.63. The highest BCUT2D eigenvalue weighted by Crippen LogP contribution is 2.49. The van der Waals surface area contributed by atoms with Crippen molar-refractivity contribution < 1.29 is 14.6 Å². The van der Waals surface area contributed by atoms with Crippen LogP contribution in [0.25, 0.3) is 10.9 Å². The number of benzene rings is 2. The van der Waals surface area contributed by atoms with E-state index < -0.39 is 5.97 Å². The SMILES string of the molecule is CC1CC2CC(C1)CC(C)(Oc1c(C(=O)O)n(Cc3ccc(Cl)cc3)c3ccc(Cl)cc13)C2. The van der Waals surface area contributed by atoms with Gasteiger partial charge >= 0.3 is 5.97 Å². The lowest BCUT2D eigenvalue weighted by Gasteiger charge is -2.47. The molecule has 33 heavy (non-hydrogen) atoms. The third-order valence-electron chi connectivity index (χ3n) is 7.36. The van der Waals surface area contributed by atoms with Crippen LogP contribution in [0.4, 0.5) is 0 Å². The summed E-state index contributed by atoms with van der Waals surface area (Å²) in [6, 6.07) is 13.0. The van der Waals surface area contributed by atoms with Gasteiger partial charge in [-0.25, -0.2) is 4.79 Å². The fourth-order valence-corrected chi connectivity index (χ4v) is 6.71. The normalized spacial score (nSPS) is 27.0. The Bertz CT molecular complexity index is 1180. The Kier molecular flexibility index (Phi) is 5.86. The fourth-order valence-electron chi connectivity index (χ4n) is 6.41. The molecule has 2 aliphatic rings. The molecule has 0 spiro atoms. The Morgan fingerprint density at radius 3 is 2.33 bits per heavy atom. The monoisotopic (exact) mass is 485 g/mol. The Morgan fingerprint density at radius 1 is 1.06 bits per heavy atom. The van der Waals surface area contributed by atoms with E-state index in [1.54, 1.807) is 6.07 Å². The highest BCUT2D eigenvalue weighted by Gasteiger charge is 2.43. The number of hydrogen-bond acceptors (Lipinski definition) is 2. The summed E-state index contributed by atoms with van der Waals surface area (Å²) in [5.74, 6) is 1.46. The summed E-state index contributed by atoms with van der Waals surface area (Å²) in [7, 11) is 0. The van der Waals surface area contributed by atoms with Gasteiger partial charge in [-0.3, -0.25) is 0 Å². The van der Waals surface area contributed by atoms with Crippen molar-refractivity contribution in [2.75, 3.05) is 0 Å². The van der Waals surface area contributed by atoms with E-state index in [1.165, 1.54) is 19.3 Å². The summed E-state index contributed by atoms with van der Waals surface area (Å²) >= 11 is 12.4. The van der Waals surface area contributed by atoms with Crippen LogP contribution in [0.5, 0.6) is 5.75 Å². The first kappa shape index (κ1) is 22.6. The Labute approximate surface area is 204 Å². The number of carboxylic acid groups (broad SMARTS) is 1. The van der Waals surface area contributed by atoms with Gasteiger partial charge in [0.05, 0.1) is 5.52 Å². The molecule has 6 heteroatoms. The van der Waals surface area contributed by atoms with Crippen molar-refractivity contribution in [2.24, 2.45) is 17.8 Å². The number of carboxylic acids is 1. The van der Waals surface area contributed by atoms with Gasteiger partial charge in [0.15, 0.2) is 11.4 Å². The maximum absolute atomic E-state index is 12.6. The van der Waals surface area contributed by atoms with Crippen molar-refractivity contribution in [1.82, 2.24) is 4.57 Å². The summed E-state index contributed by atoms with van der Waals surface area (Å²) in [4.78, 5) is 12.6. The largest absolute Gasteiger partial charge is 0.484 e. The number of fused-ring (bicyclic) bond motifs is 3. The topological polar surface area (TPSA) is 51.5 Å². The van der Waals surface area contributed by atoms with Gasteiger partial charge in [-0.2, -0.15) is 0 Å². The van der Waals surface area contributed by atoms with Crippen LogP contribution in [-0.4, -0.2) is 21.2 Å². The van der Waals surface area contributed by atoms with Crippen LogP contribution in [0.15, 0.2) is 42.5 Å². The number of hydrogen-bond donors (Lipinski definition) is 1. The minimum atomic E-state index is -1.00. The zero-order chi connectivity index (χ0) is 23.3. The van der Waals surface area contributed by atoms with Crippen LogP contribution in [0.2, 0.25) is 10.0 Å². The molecule has 174 valence electrons. The molecule has 4 nitrogen and oxygen atoms in total. The second kappa shape index (κ2) is 8.56. The zero-order valence-corrected chi connectivity index (χ0v) is 20.5. The van der Waals surface area contributed by atoms with Crippen molar-refractivity contribution in [3.8, 4) is 5.75 Å². The van der Waals surface area contributed by atoms with Crippen LogP contribution < -0.4 is 4.74 Å². The van der Waals surface area contributed by atoms with Gasteiger partial charge in [0.2, 0.25) is 0 Å². The Hall–Kier alpha value is -2.17. The van der Waals surface area contributed by atoms with E-state index in [9.17, 15) is 9.90 Å². The third-order valence-corrected chi connectivity index (χ3v) is 7.85. The number of carbonyl (C=O) groups is 1. The molecular weight excluding hydrogens is 457 g/mol. The smallest absolute Gasteiger partial charge is 0.356 e. The number of rotatable bonds is 5. The maximum Gasteiger partial charge on any atom is 0.356 e. The summed E-state index contributed by atoms with van der Waals surface area (Å²) < 4.78 is 8.55. The highest BCUT2D eigenvalue weighted by atomic mass is 35.5. The van der Waals surface area contributed by atoms with Gasteiger partial charge in [0.1, 0.15) is 5.60 Å². The first-order valence-electron chi connectivity index (χ1n) is 11.7. The van der Waals surface area contributed by atoms with E-state index in [0.29, 0.717) is 34.2 Å². The lowest BCUT2D eigenvalue weighted by atomic mass is 9.64. The fraction of sp³-hybridized carbons (Fsp3) is 0.444. The van der Waals surface area contributed by atoms with Crippen LogP contribution in [-0.2, 0) is 6.54 Å². The molecule has 2 fully saturated rings. The highest BCUT2D eigenvalue weighted by molar-refractivity contribution is 6.31. The molecule has 1 N–H and O–H groups in total. The second-order valence-corrected chi connectivity index (χ2v) is 11.2. The first-order valence-corrected chi connectivity index (χ1v) is 12.4. The predicted molar refractivity (Wildman–Crippen MR) is 133 cm³/mol. The third kappa shape index (κ3) is 4.48. The molecule has 2 aromatic carbocycles.